The number of carbonyl (C=O) groups excluding carboxylic acids is 1. The summed E-state index contributed by atoms with van der Waals surface area (Å²) < 4.78 is 9.11. The second-order valence-corrected chi connectivity index (χ2v) is 8.86. The number of aromatic nitrogens is 4. The lowest BCUT2D eigenvalue weighted by molar-refractivity contribution is -0.113. The summed E-state index contributed by atoms with van der Waals surface area (Å²) in [6.45, 7) is 0.329. The molecule has 0 atom stereocenters. The minimum atomic E-state index is -0.149. The zero-order valence-corrected chi connectivity index (χ0v) is 18.6. The summed E-state index contributed by atoms with van der Waals surface area (Å²) in [5.41, 5.74) is 1.78. The van der Waals surface area contributed by atoms with Crippen LogP contribution < -0.4 is 5.32 Å². The lowest BCUT2D eigenvalue weighted by Gasteiger charge is -2.09. The van der Waals surface area contributed by atoms with Gasteiger partial charge in [-0.1, -0.05) is 57.2 Å². The van der Waals surface area contributed by atoms with Gasteiger partial charge in [-0.25, -0.2) is 4.98 Å². The van der Waals surface area contributed by atoms with E-state index in [1.165, 1.54) is 23.1 Å². The van der Waals surface area contributed by atoms with Crippen LogP contribution in [0.1, 0.15) is 5.82 Å². The number of nitrogens with zero attached hydrogens (tertiary/aromatic N) is 4. The fourth-order valence-corrected chi connectivity index (χ4v) is 4.89. The number of fused-ring (bicyclic) bond motifs is 1. The number of nitrogens with one attached hydrogen (secondary N) is 1. The SMILES string of the molecule is COCc1nnc(SCC(=O)Nc2nc3ccc(Br)cc3s2)n1-c1ccccc1. The number of hydrogen-bond acceptors (Lipinski definition) is 7. The first-order valence-electron chi connectivity index (χ1n) is 8.61. The molecule has 0 unspecified atom stereocenters. The van der Waals surface area contributed by atoms with Gasteiger partial charge in [0.1, 0.15) is 6.61 Å². The molecular weight excluding hydrogens is 474 g/mol. The number of benzene rings is 2. The monoisotopic (exact) mass is 489 g/mol. The maximum absolute atomic E-state index is 12.5. The summed E-state index contributed by atoms with van der Waals surface area (Å²) >= 11 is 6.20. The molecule has 4 aromatic rings. The molecule has 0 saturated heterocycles. The van der Waals surface area contributed by atoms with Crippen molar-refractivity contribution in [3.63, 3.8) is 0 Å². The average Bonchev–Trinajstić information content (AvgIpc) is 3.30. The van der Waals surface area contributed by atoms with Gasteiger partial charge >= 0.3 is 0 Å². The van der Waals surface area contributed by atoms with Crippen LogP contribution in [0.15, 0.2) is 58.2 Å². The standard InChI is InChI=1S/C19H16BrN5O2S2/c1-27-10-16-23-24-19(25(16)13-5-3-2-4-6-13)28-11-17(26)22-18-21-14-8-7-12(20)9-15(14)29-18/h2-9H,10-11H2,1H3,(H,21,22,26). The maximum atomic E-state index is 12.5. The third-order valence-electron chi connectivity index (χ3n) is 3.92. The Morgan fingerprint density at radius 1 is 1.24 bits per heavy atom. The Morgan fingerprint density at radius 3 is 2.86 bits per heavy atom. The molecule has 2 aromatic carbocycles. The van der Waals surface area contributed by atoms with Crippen molar-refractivity contribution < 1.29 is 9.53 Å². The number of para-hydroxylation sites is 1. The van der Waals surface area contributed by atoms with Gasteiger partial charge < -0.3 is 10.1 Å². The zero-order valence-electron chi connectivity index (χ0n) is 15.3. The quantitative estimate of drug-likeness (QED) is 0.384. The normalized spacial score (nSPS) is 11.1. The first-order chi connectivity index (χ1) is 14.1. The van der Waals surface area contributed by atoms with Crippen molar-refractivity contribution >= 4 is 60.3 Å². The average molecular weight is 490 g/mol. The van der Waals surface area contributed by atoms with Crippen LogP contribution in [0.25, 0.3) is 15.9 Å². The van der Waals surface area contributed by atoms with E-state index in [4.69, 9.17) is 4.74 Å². The molecular formula is C19H16BrN5O2S2. The predicted octanol–water partition coefficient (Wildman–Crippen LogP) is 4.52. The fourth-order valence-electron chi connectivity index (χ4n) is 2.69. The number of halogens is 1. The van der Waals surface area contributed by atoms with Crippen molar-refractivity contribution in [3.05, 3.63) is 58.8 Å². The number of carbonyl (C=O) groups is 1. The van der Waals surface area contributed by atoms with Crippen molar-refractivity contribution in [2.75, 3.05) is 18.2 Å². The summed E-state index contributed by atoms with van der Waals surface area (Å²) in [4.78, 5) is 16.9. The first-order valence-corrected chi connectivity index (χ1v) is 11.2. The van der Waals surface area contributed by atoms with E-state index in [1.54, 1.807) is 7.11 Å². The highest BCUT2D eigenvalue weighted by Crippen LogP contribution is 2.29. The second kappa shape index (κ2) is 9.04. The maximum Gasteiger partial charge on any atom is 0.236 e. The van der Waals surface area contributed by atoms with Crippen LogP contribution in [-0.2, 0) is 16.1 Å². The molecule has 1 N–H and O–H groups in total. The summed E-state index contributed by atoms with van der Waals surface area (Å²) in [6, 6.07) is 15.6. The first kappa shape index (κ1) is 20.0. The number of anilines is 1. The van der Waals surface area contributed by atoms with Crippen LogP contribution in [0.3, 0.4) is 0 Å². The number of hydrogen-bond donors (Lipinski definition) is 1. The number of ether oxygens (including phenoxy) is 1. The van der Waals surface area contributed by atoms with E-state index in [-0.39, 0.29) is 11.7 Å². The highest BCUT2D eigenvalue weighted by atomic mass is 79.9. The molecule has 0 saturated carbocycles. The highest BCUT2D eigenvalue weighted by molar-refractivity contribution is 9.10. The van der Waals surface area contributed by atoms with E-state index in [0.717, 1.165) is 20.4 Å². The van der Waals surface area contributed by atoms with Crippen molar-refractivity contribution in [1.82, 2.24) is 19.7 Å². The molecule has 0 bridgehead atoms. The van der Waals surface area contributed by atoms with Gasteiger partial charge in [-0.05, 0) is 30.3 Å². The molecule has 0 aliphatic rings. The number of rotatable bonds is 7. The molecule has 0 aliphatic heterocycles. The third-order valence-corrected chi connectivity index (χ3v) is 6.27. The highest BCUT2D eigenvalue weighted by Gasteiger charge is 2.16. The van der Waals surface area contributed by atoms with Gasteiger partial charge in [-0.15, -0.1) is 10.2 Å². The van der Waals surface area contributed by atoms with E-state index in [2.05, 4.69) is 36.4 Å². The largest absolute Gasteiger partial charge is 0.377 e. The summed E-state index contributed by atoms with van der Waals surface area (Å²) in [5, 5.41) is 12.5. The Hall–Kier alpha value is -2.27. The van der Waals surface area contributed by atoms with Gasteiger partial charge in [0.05, 0.1) is 16.0 Å². The van der Waals surface area contributed by atoms with Gasteiger partial charge in [-0.3, -0.25) is 9.36 Å². The van der Waals surface area contributed by atoms with Crippen LogP contribution in [-0.4, -0.2) is 38.5 Å². The predicted molar refractivity (Wildman–Crippen MR) is 119 cm³/mol. The molecule has 4 rings (SSSR count). The lowest BCUT2D eigenvalue weighted by Crippen LogP contribution is -2.14. The summed E-state index contributed by atoms with van der Waals surface area (Å²) in [6.07, 6.45) is 0. The Bertz CT molecular complexity index is 1150. The van der Waals surface area contributed by atoms with Gasteiger partial charge in [-0.2, -0.15) is 0 Å². The Balaban J connectivity index is 1.47. The molecule has 2 heterocycles. The van der Waals surface area contributed by atoms with Crippen LogP contribution in [0.5, 0.6) is 0 Å². The minimum absolute atomic E-state index is 0.149. The van der Waals surface area contributed by atoms with Crippen LogP contribution >= 0.6 is 39.0 Å². The third kappa shape index (κ3) is 4.67. The van der Waals surface area contributed by atoms with E-state index in [9.17, 15) is 4.79 Å². The smallest absolute Gasteiger partial charge is 0.236 e. The molecule has 0 radical (unpaired) electrons. The molecule has 7 nitrogen and oxygen atoms in total. The van der Waals surface area contributed by atoms with E-state index < -0.39 is 0 Å². The van der Waals surface area contributed by atoms with Gasteiger partial charge in [0.15, 0.2) is 16.1 Å². The van der Waals surface area contributed by atoms with Crippen molar-refractivity contribution in [2.45, 2.75) is 11.8 Å². The van der Waals surface area contributed by atoms with Crippen molar-refractivity contribution in [2.24, 2.45) is 0 Å². The molecule has 10 heteroatoms. The second-order valence-electron chi connectivity index (χ2n) is 5.97. The van der Waals surface area contributed by atoms with E-state index in [0.29, 0.717) is 22.7 Å². The molecule has 148 valence electrons. The molecule has 0 spiro atoms. The molecule has 2 aromatic heterocycles. The molecule has 29 heavy (non-hydrogen) atoms. The zero-order chi connectivity index (χ0) is 20.2. The Labute approximate surface area is 183 Å². The summed E-state index contributed by atoms with van der Waals surface area (Å²) in [7, 11) is 1.61. The van der Waals surface area contributed by atoms with E-state index in [1.807, 2.05) is 53.1 Å². The minimum Gasteiger partial charge on any atom is -0.377 e. The van der Waals surface area contributed by atoms with Crippen LogP contribution in [0.4, 0.5) is 5.13 Å². The Morgan fingerprint density at radius 2 is 2.07 bits per heavy atom. The lowest BCUT2D eigenvalue weighted by atomic mass is 10.3. The molecule has 0 aliphatic carbocycles. The van der Waals surface area contributed by atoms with Crippen molar-refractivity contribution in [3.8, 4) is 5.69 Å². The summed E-state index contributed by atoms with van der Waals surface area (Å²) in [5.74, 6) is 0.722. The molecule has 1 amide bonds. The van der Waals surface area contributed by atoms with Gasteiger partial charge in [0.2, 0.25) is 5.91 Å². The molecule has 0 fully saturated rings. The van der Waals surface area contributed by atoms with Crippen LogP contribution in [0, 0.1) is 0 Å². The topological polar surface area (TPSA) is 81.9 Å². The van der Waals surface area contributed by atoms with Gasteiger partial charge in [0.25, 0.3) is 0 Å². The van der Waals surface area contributed by atoms with Crippen molar-refractivity contribution in [1.29, 1.82) is 0 Å². The number of methoxy groups -OCH3 is 1. The number of thiazole rings is 1. The Kier molecular flexibility index (Phi) is 6.24. The fraction of sp³-hybridized carbons (Fsp3) is 0.158. The number of amides is 1. The van der Waals surface area contributed by atoms with Gasteiger partial charge in [0, 0.05) is 17.3 Å². The van der Waals surface area contributed by atoms with E-state index >= 15 is 0 Å². The number of thioether (sulfide) groups is 1. The van der Waals surface area contributed by atoms with Crippen LogP contribution in [0.2, 0.25) is 0 Å².